The zero-order chi connectivity index (χ0) is 67.4. The van der Waals surface area contributed by atoms with Crippen molar-refractivity contribution in [2.75, 3.05) is 13.2 Å². The van der Waals surface area contributed by atoms with Crippen LogP contribution in [0.5, 0.6) is 0 Å². The standard InChI is InChI=1S/C82H145NO10/c1-4-7-10-13-16-19-22-24-26-28-30-32-34-36-38-40-42-44-46-48-50-52-55-58-61-64-67-70-77(87)93-80-79(89)78(88)76(71-84)92-82(80)91-72-73(74(85)68-65-62-59-56-53-21-18-15-12-9-6-3)83-81(90)75(86)69-66-63-60-57-54-51-49-47-45-43-41-39-37-35-33-31-29-27-25-23-20-17-14-11-8-5-2/h16-17,19-20,24-27,30-33,37,39,65,68,73-76,78-80,82,84-86,88-89H,4-15,18,21-23,28-29,34-36,38,40-64,66-67,69-72H2,1-3H3,(H,83,90)/b19-16-,20-17-,26-24-,27-25-,32-30-,33-31-,39-37-,68-65+. The second-order valence-corrected chi connectivity index (χ2v) is 26.7. The zero-order valence-electron chi connectivity index (χ0n) is 60.1. The smallest absolute Gasteiger partial charge is 0.306 e. The molecule has 1 amide bonds. The number of carbonyl (C=O) groups is 2. The second-order valence-electron chi connectivity index (χ2n) is 26.7. The van der Waals surface area contributed by atoms with Crippen LogP contribution in [-0.4, -0.2) is 99.6 Å². The van der Waals surface area contributed by atoms with Gasteiger partial charge in [0.2, 0.25) is 5.91 Å². The summed E-state index contributed by atoms with van der Waals surface area (Å²) in [4.78, 5) is 26.8. The van der Waals surface area contributed by atoms with Crippen molar-refractivity contribution in [3.05, 3.63) is 97.2 Å². The van der Waals surface area contributed by atoms with Gasteiger partial charge >= 0.3 is 5.97 Å². The number of amides is 1. The van der Waals surface area contributed by atoms with Crippen LogP contribution in [0.4, 0.5) is 0 Å². The van der Waals surface area contributed by atoms with Gasteiger partial charge in [0.05, 0.1) is 25.4 Å². The van der Waals surface area contributed by atoms with Crippen molar-refractivity contribution >= 4 is 11.9 Å². The van der Waals surface area contributed by atoms with E-state index in [1.54, 1.807) is 6.08 Å². The highest BCUT2D eigenvalue weighted by molar-refractivity contribution is 5.80. The van der Waals surface area contributed by atoms with Gasteiger partial charge in [-0.25, -0.2) is 0 Å². The van der Waals surface area contributed by atoms with Gasteiger partial charge in [0, 0.05) is 6.42 Å². The predicted molar refractivity (Wildman–Crippen MR) is 393 cm³/mol. The normalized spacial score (nSPS) is 18.4. The lowest BCUT2D eigenvalue weighted by molar-refractivity contribution is -0.305. The van der Waals surface area contributed by atoms with E-state index in [2.05, 4.69) is 111 Å². The number of esters is 1. The van der Waals surface area contributed by atoms with Crippen molar-refractivity contribution in [3.8, 4) is 0 Å². The van der Waals surface area contributed by atoms with Crippen LogP contribution in [0.1, 0.15) is 348 Å². The Morgan fingerprint density at radius 1 is 0.419 bits per heavy atom. The number of hydrogen-bond acceptors (Lipinski definition) is 10. The van der Waals surface area contributed by atoms with Gasteiger partial charge in [-0.15, -0.1) is 0 Å². The van der Waals surface area contributed by atoms with Crippen LogP contribution in [0.3, 0.4) is 0 Å². The SMILES string of the molecule is CCCCC/C=C\C/C=C\C/C=C\C/C=C\CCCCCCCCCCCCC(O)C(=O)NC(COC1OC(CO)C(O)C(O)C1OC(=O)CCCCCCCCCCCCCCCC/C=C\C/C=C\C/C=C\CCCCC)C(O)/C=C/CCCCCCCCCCC. The van der Waals surface area contributed by atoms with E-state index in [0.717, 1.165) is 96.3 Å². The topological polar surface area (TPSA) is 175 Å². The molecule has 8 unspecified atom stereocenters. The molecule has 0 aromatic carbocycles. The fourth-order valence-electron chi connectivity index (χ4n) is 11.8. The summed E-state index contributed by atoms with van der Waals surface area (Å²) in [5.74, 6) is -1.19. The van der Waals surface area contributed by atoms with Crippen molar-refractivity contribution < 1.29 is 49.3 Å². The Morgan fingerprint density at radius 3 is 1.13 bits per heavy atom. The summed E-state index contributed by atoms with van der Waals surface area (Å²) in [6.45, 7) is 5.77. The number of aliphatic hydroxyl groups excluding tert-OH is 5. The lowest BCUT2D eigenvalue weighted by atomic mass is 9.99. The second kappa shape index (κ2) is 68.5. The van der Waals surface area contributed by atoms with Crippen LogP contribution in [0, 0.1) is 0 Å². The van der Waals surface area contributed by atoms with Gasteiger partial charge in [-0.1, -0.05) is 330 Å². The lowest BCUT2D eigenvalue weighted by Crippen LogP contribution is -2.61. The van der Waals surface area contributed by atoms with Crippen LogP contribution in [0.25, 0.3) is 0 Å². The van der Waals surface area contributed by atoms with Gasteiger partial charge in [-0.05, 0) is 109 Å². The number of unbranched alkanes of at least 4 members (excludes halogenated alkanes) is 39. The van der Waals surface area contributed by atoms with Crippen molar-refractivity contribution in [2.24, 2.45) is 0 Å². The van der Waals surface area contributed by atoms with E-state index in [1.807, 2.05) is 6.08 Å². The highest BCUT2D eigenvalue weighted by Gasteiger charge is 2.47. The minimum atomic E-state index is -1.62. The van der Waals surface area contributed by atoms with E-state index < -0.39 is 67.4 Å². The molecule has 1 fully saturated rings. The molecule has 0 aliphatic carbocycles. The fourth-order valence-corrected chi connectivity index (χ4v) is 11.8. The molecule has 11 heteroatoms. The summed E-state index contributed by atoms with van der Waals surface area (Å²) in [5, 5.41) is 57.4. The number of carbonyl (C=O) groups excluding carboxylic acids is 2. The summed E-state index contributed by atoms with van der Waals surface area (Å²) < 4.78 is 17.7. The number of ether oxygens (including phenoxy) is 3. The molecule has 1 aliphatic heterocycles. The third-order valence-corrected chi connectivity index (χ3v) is 18.0. The molecule has 8 atom stereocenters. The summed E-state index contributed by atoms with van der Waals surface area (Å²) in [6, 6.07) is -1.03. The Balaban J connectivity index is 2.49. The molecule has 93 heavy (non-hydrogen) atoms. The summed E-state index contributed by atoms with van der Waals surface area (Å²) >= 11 is 0. The van der Waals surface area contributed by atoms with Crippen molar-refractivity contribution in [3.63, 3.8) is 0 Å². The molecule has 0 radical (unpaired) electrons. The van der Waals surface area contributed by atoms with Gasteiger partial charge in [0.15, 0.2) is 12.4 Å². The number of aliphatic hydroxyl groups is 5. The average molecular weight is 1310 g/mol. The third-order valence-electron chi connectivity index (χ3n) is 18.0. The third kappa shape index (κ3) is 55.3. The first-order chi connectivity index (χ1) is 45.7. The van der Waals surface area contributed by atoms with Crippen molar-refractivity contribution in [1.29, 1.82) is 0 Å². The van der Waals surface area contributed by atoms with Crippen LogP contribution in [-0.2, 0) is 23.8 Å². The molecule has 538 valence electrons. The van der Waals surface area contributed by atoms with Crippen LogP contribution >= 0.6 is 0 Å². The first-order valence-electron chi connectivity index (χ1n) is 39.0. The Hall–Kier alpha value is -3.42. The van der Waals surface area contributed by atoms with E-state index in [0.29, 0.717) is 12.8 Å². The molecule has 0 aromatic rings. The Bertz CT molecular complexity index is 1890. The summed E-state index contributed by atoms with van der Waals surface area (Å²) in [7, 11) is 0. The minimum Gasteiger partial charge on any atom is -0.454 e. The van der Waals surface area contributed by atoms with Gasteiger partial charge in [0.25, 0.3) is 0 Å². The molecule has 1 aliphatic rings. The van der Waals surface area contributed by atoms with Gasteiger partial charge in [0.1, 0.15) is 24.4 Å². The van der Waals surface area contributed by atoms with Crippen molar-refractivity contribution in [2.45, 2.75) is 397 Å². The average Bonchev–Trinajstić information content (AvgIpc) is 0.974. The molecular formula is C82H145NO10. The maximum absolute atomic E-state index is 13.5. The van der Waals surface area contributed by atoms with Gasteiger partial charge in [-0.2, -0.15) is 0 Å². The first-order valence-corrected chi connectivity index (χ1v) is 39.0. The lowest BCUT2D eigenvalue weighted by Gasteiger charge is -2.41. The van der Waals surface area contributed by atoms with E-state index in [4.69, 9.17) is 14.2 Å². The maximum Gasteiger partial charge on any atom is 0.306 e. The molecule has 1 rings (SSSR count). The Kier molecular flexibility index (Phi) is 64.5. The van der Waals surface area contributed by atoms with Crippen molar-refractivity contribution in [1.82, 2.24) is 5.32 Å². The van der Waals surface area contributed by atoms with Crippen LogP contribution < -0.4 is 5.32 Å². The van der Waals surface area contributed by atoms with E-state index >= 15 is 0 Å². The highest BCUT2D eigenvalue weighted by atomic mass is 16.7. The maximum atomic E-state index is 13.5. The van der Waals surface area contributed by atoms with E-state index in [1.165, 1.54) is 205 Å². The molecule has 0 aromatic heterocycles. The molecule has 0 spiro atoms. The molecule has 1 saturated heterocycles. The van der Waals surface area contributed by atoms with E-state index in [-0.39, 0.29) is 19.4 Å². The number of rotatable bonds is 67. The monoisotopic (exact) mass is 1300 g/mol. The Morgan fingerprint density at radius 2 is 0.742 bits per heavy atom. The minimum absolute atomic E-state index is 0.120. The largest absolute Gasteiger partial charge is 0.454 e. The van der Waals surface area contributed by atoms with Crippen LogP contribution in [0.2, 0.25) is 0 Å². The quantitative estimate of drug-likeness (QED) is 0.0195. The predicted octanol–water partition coefficient (Wildman–Crippen LogP) is 21.0. The molecule has 0 saturated carbocycles. The fraction of sp³-hybridized carbons (Fsp3) is 0.780. The molecule has 6 N–H and O–H groups in total. The molecule has 11 nitrogen and oxygen atoms in total. The molecular weight excluding hydrogens is 1160 g/mol. The molecule has 0 bridgehead atoms. The highest BCUT2D eigenvalue weighted by Crippen LogP contribution is 2.26. The summed E-state index contributed by atoms with van der Waals surface area (Å²) in [5.41, 5.74) is 0. The van der Waals surface area contributed by atoms with Gasteiger partial charge < -0.3 is 45.1 Å². The van der Waals surface area contributed by atoms with Crippen LogP contribution in [0.15, 0.2) is 97.2 Å². The number of allylic oxidation sites excluding steroid dienone is 15. The van der Waals surface area contributed by atoms with E-state index in [9.17, 15) is 35.1 Å². The molecule has 1 heterocycles. The first kappa shape index (κ1) is 87.6. The Labute approximate surface area is 571 Å². The zero-order valence-corrected chi connectivity index (χ0v) is 60.1. The summed E-state index contributed by atoms with van der Waals surface area (Å²) in [6.07, 6.45) is 83.1. The van der Waals surface area contributed by atoms with Gasteiger partial charge in [-0.3, -0.25) is 9.59 Å². The number of hydrogen-bond donors (Lipinski definition) is 6. The number of nitrogens with one attached hydrogen (secondary N) is 1.